The molecule has 0 heterocycles. The molecule has 0 saturated heterocycles. The Labute approximate surface area is 118 Å². The Morgan fingerprint density at radius 3 is 2.00 bits per heavy atom. The highest BCUT2D eigenvalue weighted by molar-refractivity contribution is 7.88. The van der Waals surface area contributed by atoms with Crippen molar-refractivity contribution < 1.29 is 22.6 Å². The number of hydrogen-bond donors (Lipinski definition) is 2. The molecule has 7 nitrogen and oxygen atoms in total. The van der Waals surface area contributed by atoms with Crippen molar-refractivity contribution in [3.63, 3.8) is 0 Å². The highest BCUT2D eigenvalue weighted by Gasteiger charge is 1.92. The van der Waals surface area contributed by atoms with Crippen molar-refractivity contribution >= 4 is 21.9 Å². The molecule has 0 spiro atoms. The summed E-state index contributed by atoms with van der Waals surface area (Å²) in [5, 5.41) is 2.84. The summed E-state index contributed by atoms with van der Waals surface area (Å²) in [5.74, 6) is -0.462. The zero-order chi connectivity index (χ0) is 16.2. The lowest BCUT2D eigenvalue weighted by molar-refractivity contribution is -0.123. The van der Waals surface area contributed by atoms with E-state index in [4.69, 9.17) is 4.55 Å². The Bertz CT molecular complexity index is 504. The summed E-state index contributed by atoms with van der Waals surface area (Å²) in [6.07, 6.45) is 5.87. The predicted molar refractivity (Wildman–Crippen MR) is 77.1 cm³/mol. The van der Waals surface area contributed by atoms with E-state index in [2.05, 4.69) is 18.5 Å². The molecule has 0 aromatic carbocycles. The molecule has 0 aromatic rings. The molecule has 0 aromatic heterocycles. The summed E-state index contributed by atoms with van der Waals surface area (Å²) < 4.78 is 28.5. The third-order valence-corrected chi connectivity index (χ3v) is 1.99. The standard InChI is InChI=1S/C7H9NO4S.C5H9NO/c1-2-7(9)8-5-3-4-6-13(10,11)12;1-4-5(7)6(2)3/h2-6H,1H2,(H,8,9)(H,10,11,12);4H,1H2,2-3H3. The van der Waals surface area contributed by atoms with Crippen LogP contribution in [-0.4, -0.2) is 43.8 Å². The normalized spacial score (nSPS) is 10.6. The molecule has 0 radical (unpaired) electrons. The second-order valence-electron chi connectivity index (χ2n) is 3.35. The highest BCUT2D eigenvalue weighted by atomic mass is 32.2. The molecule has 0 aliphatic carbocycles. The van der Waals surface area contributed by atoms with Crippen LogP contribution in [0.15, 0.2) is 49.1 Å². The summed E-state index contributed by atoms with van der Waals surface area (Å²) >= 11 is 0. The Morgan fingerprint density at radius 1 is 1.15 bits per heavy atom. The molecule has 0 aliphatic rings. The SMILES string of the molecule is C=CC(=O)N(C)C.C=CC(=O)NC=CC=CS(=O)(=O)O. The lowest BCUT2D eigenvalue weighted by Gasteiger charge is -2.03. The molecule has 0 bridgehead atoms. The molecular formula is C12H18N2O5S. The van der Waals surface area contributed by atoms with Gasteiger partial charge >= 0.3 is 0 Å². The van der Waals surface area contributed by atoms with Gasteiger partial charge in [0, 0.05) is 20.3 Å². The van der Waals surface area contributed by atoms with Crippen molar-refractivity contribution in [1.29, 1.82) is 0 Å². The molecule has 0 unspecified atom stereocenters. The quantitative estimate of drug-likeness (QED) is 0.436. The van der Waals surface area contributed by atoms with Gasteiger partial charge in [-0.05, 0) is 24.3 Å². The first kappa shape index (κ1) is 20.1. The zero-order valence-electron chi connectivity index (χ0n) is 11.3. The molecule has 2 N–H and O–H groups in total. The van der Waals surface area contributed by atoms with Crippen LogP contribution >= 0.6 is 0 Å². The first-order valence-corrected chi connectivity index (χ1v) is 6.71. The van der Waals surface area contributed by atoms with E-state index in [1.54, 1.807) is 14.1 Å². The Balaban J connectivity index is 0. The van der Waals surface area contributed by atoms with E-state index in [0.29, 0.717) is 5.41 Å². The Kier molecular flexibility index (Phi) is 10.8. The molecule has 0 saturated carbocycles. The molecule has 0 fully saturated rings. The summed E-state index contributed by atoms with van der Waals surface area (Å²) in [4.78, 5) is 22.3. The number of likely N-dealkylation sites (N-methyl/N-ethyl adjacent to an activating group) is 1. The molecule has 20 heavy (non-hydrogen) atoms. The van der Waals surface area contributed by atoms with Crippen molar-refractivity contribution in [1.82, 2.24) is 10.2 Å². The largest absolute Gasteiger partial charge is 0.345 e. The zero-order valence-corrected chi connectivity index (χ0v) is 12.1. The third-order valence-electron chi connectivity index (χ3n) is 1.48. The topological polar surface area (TPSA) is 104 Å². The first-order valence-electron chi connectivity index (χ1n) is 5.21. The average molecular weight is 302 g/mol. The fourth-order valence-electron chi connectivity index (χ4n) is 0.572. The number of carbonyl (C=O) groups is 2. The van der Waals surface area contributed by atoms with Crippen LogP contribution in [0.5, 0.6) is 0 Å². The number of rotatable bonds is 5. The van der Waals surface area contributed by atoms with Crippen LogP contribution in [0, 0.1) is 0 Å². The van der Waals surface area contributed by atoms with Crippen molar-refractivity contribution in [3.05, 3.63) is 49.1 Å². The van der Waals surface area contributed by atoms with Gasteiger partial charge in [-0.15, -0.1) is 0 Å². The number of amides is 2. The van der Waals surface area contributed by atoms with Gasteiger partial charge in [0.2, 0.25) is 11.8 Å². The Hall–Kier alpha value is -2.19. The van der Waals surface area contributed by atoms with E-state index < -0.39 is 16.0 Å². The van der Waals surface area contributed by atoms with Gasteiger partial charge in [0.15, 0.2) is 0 Å². The lowest BCUT2D eigenvalue weighted by Crippen LogP contribution is -2.18. The molecule has 0 rings (SSSR count). The average Bonchev–Trinajstić information content (AvgIpc) is 2.36. The van der Waals surface area contributed by atoms with Crippen LogP contribution in [0.25, 0.3) is 0 Å². The van der Waals surface area contributed by atoms with Crippen molar-refractivity contribution in [2.45, 2.75) is 0 Å². The summed E-state index contributed by atoms with van der Waals surface area (Å²) in [6.45, 7) is 6.49. The van der Waals surface area contributed by atoms with Crippen LogP contribution < -0.4 is 5.32 Å². The smallest absolute Gasteiger partial charge is 0.287 e. The van der Waals surface area contributed by atoms with Gasteiger partial charge in [-0.2, -0.15) is 8.42 Å². The minimum Gasteiger partial charge on any atom is -0.345 e. The van der Waals surface area contributed by atoms with Gasteiger partial charge < -0.3 is 10.2 Å². The highest BCUT2D eigenvalue weighted by Crippen LogP contribution is 1.84. The molecular weight excluding hydrogens is 284 g/mol. The van der Waals surface area contributed by atoms with E-state index >= 15 is 0 Å². The minimum absolute atomic E-state index is 0.0556. The van der Waals surface area contributed by atoms with Crippen LogP contribution in [0.1, 0.15) is 0 Å². The fourth-order valence-corrected chi connectivity index (χ4v) is 0.861. The van der Waals surface area contributed by atoms with Crippen molar-refractivity contribution in [3.8, 4) is 0 Å². The van der Waals surface area contributed by atoms with Gasteiger partial charge in [0.1, 0.15) is 0 Å². The summed E-state index contributed by atoms with van der Waals surface area (Å²) in [7, 11) is -0.726. The monoisotopic (exact) mass is 302 g/mol. The molecule has 0 aliphatic heterocycles. The number of allylic oxidation sites excluding steroid dienone is 2. The van der Waals surface area contributed by atoms with E-state index in [1.807, 2.05) is 0 Å². The van der Waals surface area contributed by atoms with E-state index in [1.165, 1.54) is 23.3 Å². The number of nitrogens with one attached hydrogen (secondary N) is 1. The molecule has 0 atom stereocenters. The number of nitrogens with zero attached hydrogens (tertiary/aromatic N) is 1. The first-order chi connectivity index (χ1) is 9.14. The second-order valence-corrected chi connectivity index (χ2v) is 4.65. The van der Waals surface area contributed by atoms with E-state index in [-0.39, 0.29) is 5.91 Å². The predicted octanol–water partition coefficient (Wildman–Crippen LogP) is 0.464. The lowest BCUT2D eigenvalue weighted by atomic mass is 10.5. The Morgan fingerprint density at radius 2 is 1.70 bits per heavy atom. The van der Waals surface area contributed by atoms with Crippen LogP contribution in [0.4, 0.5) is 0 Å². The number of carbonyl (C=O) groups excluding carboxylic acids is 2. The maximum Gasteiger partial charge on any atom is 0.287 e. The van der Waals surface area contributed by atoms with Crippen molar-refractivity contribution in [2.24, 2.45) is 0 Å². The third kappa shape index (κ3) is 15.8. The van der Waals surface area contributed by atoms with Gasteiger partial charge in [0.05, 0.1) is 5.41 Å². The van der Waals surface area contributed by atoms with Crippen LogP contribution in [0.2, 0.25) is 0 Å². The molecule has 112 valence electrons. The summed E-state index contributed by atoms with van der Waals surface area (Å²) in [6, 6.07) is 0. The second kappa shape index (κ2) is 10.7. The van der Waals surface area contributed by atoms with Gasteiger partial charge in [-0.25, -0.2) is 0 Å². The van der Waals surface area contributed by atoms with Gasteiger partial charge in [-0.3, -0.25) is 14.1 Å². The van der Waals surface area contributed by atoms with Crippen LogP contribution in [-0.2, 0) is 19.7 Å². The van der Waals surface area contributed by atoms with Gasteiger partial charge in [-0.1, -0.05) is 13.2 Å². The summed E-state index contributed by atoms with van der Waals surface area (Å²) in [5.41, 5.74) is 0. The minimum atomic E-state index is -4.10. The van der Waals surface area contributed by atoms with E-state index in [0.717, 1.165) is 12.2 Å². The number of hydrogen-bond acceptors (Lipinski definition) is 4. The van der Waals surface area contributed by atoms with E-state index in [9.17, 15) is 18.0 Å². The maximum atomic E-state index is 10.5. The molecule has 2 amide bonds. The van der Waals surface area contributed by atoms with Crippen LogP contribution in [0.3, 0.4) is 0 Å². The fraction of sp³-hybridized carbons (Fsp3) is 0.167. The van der Waals surface area contributed by atoms with Gasteiger partial charge in [0.25, 0.3) is 10.1 Å². The maximum absolute atomic E-state index is 10.5. The van der Waals surface area contributed by atoms with Crippen molar-refractivity contribution in [2.75, 3.05) is 14.1 Å². The molecule has 8 heteroatoms.